The maximum absolute atomic E-state index is 11.3. The molecule has 0 aliphatic rings. The Kier molecular flexibility index (Phi) is 3.08. The van der Waals surface area contributed by atoms with Gasteiger partial charge in [-0.05, 0) is 17.7 Å². The zero-order valence-electron chi connectivity index (χ0n) is 9.50. The number of benzene rings is 1. The van der Waals surface area contributed by atoms with Gasteiger partial charge in [0, 0.05) is 12.6 Å². The fourth-order valence-electron chi connectivity index (χ4n) is 1.62. The van der Waals surface area contributed by atoms with Gasteiger partial charge in [0.1, 0.15) is 11.8 Å². The van der Waals surface area contributed by atoms with E-state index in [0.717, 1.165) is 5.56 Å². The van der Waals surface area contributed by atoms with Gasteiger partial charge in [-0.1, -0.05) is 12.1 Å². The summed E-state index contributed by atoms with van der Waals surface area (Å²) >= 11 is 0. The molecule has 6 nitrogen and oxygen atoms in total. The molecule has 1 amide bonds. The second-order valence-corrected chi connectivity index (χ2v) is 3.68. The van der Waals surface area contributed by atoms with Gasteiger partial charge in [-0.25, -0.2) is 4.68 Å². The lowest BCUT2D eigenvalue weighted by Crippen LogP contribution is -2.16. The van der Waals surface area contributed by atoms with Crippen molar-refractivity contribution < 1.29 is 4.79 Å². The van der Waals surface area contributed by atoms with Crippen LogP contribution in [0.5, 0.6) is 0 Å². The third-order valence-corrected chi connectivity index (χ3v) is 2.47. The van der Waals surface area contributed by atoms with Crippen LogP contribution in [0.4, 0.5) is 0 Å². The van der Waals surface area contributed by atoms with Gasteiger partial charge in [0.15, 0.2) is 5.69 Å². The lowest BCUT2D eigenvalue weighted by atomic mass is 10.2. The molecule has 0 saturated heterocycles. The van der Waals surface area contributed by atoms with Crippen LogP contribution >= 0.6 is 0 Å². The summed E-state index contributed by atoms with van der Waals surface area (Å²) in [7, 11) is 0. The Morgan fingerprint density at radius 2 is 2.22 bits per heavy atom. The number of hydrogen-bond donors (Lipinski definition) is 2. The number of nitrogens with two attached hydrogens (primary N) is 2. The third-order valence-electron chi connectivity index (χ3n) is 2.47. The van der Waals surface area contributed by atoms with E-state index in [9.17, 15) is 4.79 Å². The number of carbonyl (C=O) groups excluding carboxylic acids is 1. The molecule has 2 aromatic rings. The number of aromatic nitrogens is 2. The molecular formula is C12H11N5O. The molecule has 90 valence electrons. The van der Waals surface area contributed by atoms with E-state index < -0.39 is 5.91 Å². The van der Waals surface area contributed by atoms with E-state index in [1.165, 1.54) is 10.7 Å². The third kappa shape index (κ3) is 2.07. The van der Waals surface area contributed by atoms with Crippen molar-refractivity contribution in [3.63, 3.8) is 0 Å². The smallest absolute Gasteiger partial charge is 0.267 e. The minimum Gasteiger partial charge on any atom is -0.364 e. The molecule has 0 bridgehead atoms. The van der Waals surface area contributed by atoms with Crippen molar-refractivity contribution in [1.29, 1.82) is 5.26 Å². The van der Waals surface area contributed by atoms with Gasteiger partial charge < -0.3 is 11.5 Å². The van der Waals surface area contributed by atoms with Crippen LogP contribution in [0.3, 0.4) is 0 Å². The molecule has 0 radical (unpaired) electrons. The van der Waals surface area contributed by atoms with Crippen LogP contribution in [0, 0.1) is 11.3 Å². The fraction of sp³-hybridized carbons (Fsp3) is 0.0833. The van der Waals surface area contributed by atoms with E-state index in [2.05, 4.69) is 5.10 Å². The number of rotatable bonds is 3. The first-order valence-corrected chi connectivity index (χ1v) is 5.25. The normalized spacial score (nSPS) is 10.0. The van der Waals surface area contributed by atoms with E-state index in [1.54, 1.807) is 18.2 Å². The SMILES string of the molecule is N#Cc1cc(C(N)=O)n(-c2cccc(CN)c2)n1. The molecular weight excluding hydrogens is 230 g/mol. The Bertz CT molecular complexity index is 638. The highest BCUT2D eigenvalue weighted by atomic mass is 16.1. The zero-order chi connectivity index (χ0) is 13.1. The maximum atomic E-state index is 11.3. The van der Waals surface area contributed by atoms with Crippen molar-refractivity contribution in [3.8, 4) is 11.8 Å². The predicted molar refractivity (Wildman–Crippen MR) is 64.7 cm³/mol. The molecule has 0 atom stereocenters. The van der Waals surface area contributed by atoms with Crippen LogP contribution in [0.25, 0.3) is 5.69 Å². The molecule has 0 fully saturated rings. The Hall–Kier alpha value is -2.65. The van der Waals surface area contributed by atoms with Crippen LogP contribution in [0.15, 0.2) is 30.3 Å². The molecule has 0 saturated carbocycles. The average Bonchev–Trinajstić information content (AvgIpc) is 2.83. The summed E-state index contributed by atoms with van der Waals surface area (Å²) in [6, 6.07) is 10.5. The number of amides is 1. The first-order valence-electron chi connectivity index (χ1n) is 5.25. The molecule has 0 aliphatic carbocycles. The van der Waals surface area contributed by atoms with Crippen molar-refractivity contribution in [3.05, 3.63) is 47.3 Å². The van der Waals surface area contributed by atoms with Crippen LogP contribution in [0.1, 0.15) is 21.7 Å². The Balaban J connectivity index is 2.59. The van der Waals surface area contributed by atoms with Gasteiger partial charge in [-0.3, -0.25) is 4.79 Å². The molecule has 6 heteroatoms. The van der Waals surface area contributed by atoms with Crippen molar-refractivity contribution in [2.45, 2.75) is 6.54 Å². The van der Waals surface area contributed by atoms with Gasteiger partial charge in [0.05, 0.1) is 5.69 Å². The minimum atomic E-state index is -0.637. The Morgan fingerprint density at radius 1 is 1.44 bits per heavy atom. The lowest BCUT2D eigenvalue weighted by molar-refractivity contribution is 0.0993. The first kappa shape index (κ1) is 11.8. The summed E-state index contributed by atoms with van der Waals surface area (Å²) in [6.07, 6.45) is 0. The Labute approximate surface area is 103 Å². The second-order valence-electron chi connectivity index (χ2n) is 3.68. The fourth-order valence-corrected chi connectivity index (χ4v) is 1.62. The van der Waals surface area contributed by atoms with Crippen molar-refractivity contribution in [2.75, 3.05) is 0 Å². The van der Waals surface area contributed by atoms with Gasteiger partial charge >= 0.3 is 0 Å². The Morgan fingerprint density at radius 3 is 2.83 bits per heavy atom. The number of hydrogen-bond acceptors (Lipinski definition) is 4. The molecule has 1 aromatic carbocycles. The summed E-state index contributed by atoms with van der Waals surface area (Å²) in [5, 5.41) is 12.8. The molecule has 0 unspecified atom stereocenters. The van der Waals surface area contributed by atoms with E-state index in [1.807, 2.05) is 12.1 Å². The summed E-state index contributed by atoms with van der Waals surface area (Å²) in [4.78, 5) is 11.3. The van der Waals surface area contributed by atoms with Gasteiger partial charge in [0.2, 0.25) is 0 Å². The highest BCUT2D eigenvalue weighted by Crippen LogP contribution is 2.14. The largest absolute Gasteiger partial charge is 0.364 e. The van der Waals surface area contributed by atoms with E-state index in [-0.39, 0.29) is 11.4 Å². The van der Waals surface area contributed by atoms with Crippen molar-refractivity contribution in [1.82, 2.24) is 9.78 Å². The standard InChI is InChI=1S/C12H11N5O/c13-6-8-2-1-3-10(4-8)17-11(12(15)18)5-9(7-14)16-17/h1-5H,6,13H2,(H2,15,18). The van der Waals surface area contributed by atoms with E-state index in [4.69, 9.17) is 16.7 Å². The van der Waals surface area contributed by atoms with Gasteiger partial charge in [-0.2, -0.15) is 10.4 Å². The van der Waals surface area contributed by atoms with Crippen LogP contribution < -0.4 is 11.5 Å². The van der Waals surface area contributed by atoms with Crippen LogP contribution in [-0.4, -0.2) is 15.7 Å². The molecule has 2 rings (SSSR count). The summed E-state index contributed by atoms with van der Waals surface area (Å²) in [5.74, 6) is -0.637. The zero-order valence-corrected chi connectivity index (χ0v) is 9.50. The van der Waals surface area contributed by atoms with Gasteiger partial charge in [-0.15, -0.1) is 0 Å². The molecule has 1 aromatic heterocycles. The summed E-state index contributed by atoms with van der Waals surface area (Å²) in [6.45, 7) is 0.381. The second kappa shape index (κ2) is 4.69. The quantitative estimate of drug-likeness (QED) is 0.805. The summed E-state index contributed by atoms with van der Waals surface area (Å²) < 4.78 is 1.35. The van der Waals surface area contributed by atoms with Crippen LogP contribution in [-0.2, 0) is 6.54 Å². The van der Waals surface area contributed by atoms with E-state index >= 15 is 0 Å². The maximum Gasteiger partial charge on any atom is 0.267 e. The monoisotopic (exact) mass is 241 g/mol. The van der Waals surface area contributed by atoms with Crippen molar-refractivity contribution in [2.24, 2.45) is 11.5 Å². The molecule has 1 heterocycles. The van der Waals surface area contributed by atoms with Gasteiger partial charge in [0.25, 0.3) is 5.91 Å². The minimum absolute atomic E-state index is 0.141. The van der Waals surface area contributed by atoms with Crippen molar-refractivity contribution >= 4 is 5.91 Å². The number of nitrogens with zero attached hydrogens (tertiary/aromatic N) is 3. The van der Waals surface area contributed by atoms with E-state index in [0.29, 0.717) is 12.2 Å². The average molecular weight is 241 g/mol. The predicted octanol–water partition coefficient (Wildman–Crippen LogP) is 0.302. The number of primary amides is 1. The first-order chi connectivity index (χ1) is 8.65. The number of nitriles is 1. The molecule has 0 aliphatic heterocycles. The summed E-state index contributed by atoms with van der Waals surface area (Å²) in [5.41, 5.74) is 12.7. The highest BCUT2D eigenvalue weighted by molar-refractivity contribution is 5.92. The number of carbonyl (C=O) groups is 1. The molecule has 18 heavy (non-hydrogen) atoms. The lowest BCUT2D eigenvalue weighted by Gasteiger charge is -2.06. The van der Waals surface area contributed by atoms with Crippen LogP contribution in [0.2, 0.25) is 0 Å². The molecule has 4 N–H and O–H groups in total. The topological polar surface area (TPSA) is 111 Å². The highest BCUT2D eigenvalue weighted by Gasteiger charge is 2.13. The molecule has 0 spiro atoms.